The van der Waals surface area contributed by atoms with E-state index in [0.29, 0.717) is 5.56 Å². The highest BCUT2D eigenvalue weighted by Crippen LogP contribution is 2.35. The third-order valence-corrected chi connectivity index (χ3v) is 5.40. The van der Waals surface area contributed by atoms with Crippen molar-refractivity contribution < 1.29 is 4.79 Å². The highest BCUT2D eigenvalue weighted by Gasteiger charge is 2.22. The lowest BCUT2D eigenvalue weighted by Gasteiger charge is -2.26. The first-order valence-corrected chi connectivity index (χ1v) is 9.06. The van der Waals surface area contributed by atoms with E-state index >= 15 is 0 Å². The Balaban J connectivity index is 1.56. The van der Waals surface area contributed by atoms with E-state index < -0.39 is 0 Å². The number of nitrogens with zero attached hydrogens (tertiary/aromatic N) is 1. The third-order valence-electron chi connectivity index (χ3n) is 4.27. The second-order valence-corrected chi connectivity index (χ2v) is 6.98. The molecule has 0 saturated heterocycles. The molecule has 1 aliphatic rings. The molecule has 1 amide bonds. The number of carbonyl (C=O) groups excluding carboxylic acids is 1. The number of fused-ring (bicyclic) bond motifs is 1. The van der Waals surface area contributed by atoms with E-state index in [9.17, 15) is 4.79 Å². The van der Waals surface area contributed by atoms with Crippen molar-refractivity contribution in [2.24, 2.45) is 0 Å². The first kappa shape index (κ1) is 15.1. The molecule has 1 N–H and O–H groups in total. The summed E-state index contributed by atoms with van der Waals surface area (Å²) in [5, 5.41) is 3.20. The Bertz CT molecular complexity index is 858. The summed E-state index contributed by atoms with van der Waals surface area (Å²) in [6.45, 7) is 0. The number of thioether (sulfide) groups is 1. The van der Waals surface area contributed by atoms with Crippen molar-refractivity contribution in [3.05, 3.63) is 84.2 Å². The molecule has 0 fully saturated rings. The number of rotatable bonds is 3. The molecule has 0 unspecified atom stereocenters. The predicted octanol–water partition coefficient (Wildman–Crippen LogP) is 4.44. The van der Waals surface area contributed by atoms with Crippen LogP contribution >= 0.6 is 11.8 Å². The molecular weight excluding hydrogens is 316 g/mol. The van der Waals surface area contributed by atoms with E-state index in [1.165, 1.54) is 10.5 Å². The van der Waals surface area contributed by atoms with Crippen LogP contribution in [0.4, 0.5) is 0 Å². The van der Waals surface area contributed by atoms with Gasteiger partial charge in [-0.2, -0.15) is 0 Å². The largest absolute Gasteiger partial charge is 0.345 e. The van der Waals surface area contributed by atoms with Gasteiger partial charge in [0.2, 0.25) is 0 Å². The van der Waals surface area contributed by atoms with Gasteiger partial charge in [0.25, 0.3) is 5.91 Å². The smallest absolute Gasteiger partial charge is 0.251 e. The molecule has 4 heteroatoms. The molecule has 0 spiro atoms. The Kier molecular flexibility index (Phi) is 4.13. The SMILES string of the molecule is O=C(N[C@H]1CCSc2ccccc21)c1cccc(-n2cccc2)c1. The van der Waals surface area contributed by atoms with Crippen LogP contribution in [-0.4, -0.2) is 16.2 Å². The molecule has 120 valence electrons. The molecule has 3 aromatic rings. The van der Waals surface area contributed by atoms with Gasteiger partial charge in [-0.05, 0) is 48.4 Å². The number of carbonyl (C=O) groups is 1. The summed E-state index contributed by atoms with van der Waals surface area (Å²) >= 11 is 1.86. The van der Waals surface area contributed by atoms with E-state index in [4.69, 9.17) is 0 Å². The zero-order chi connectivity index (χ0) is 16.4. The topological polar surface area (TPSA) is 34.0 Å². The van der Waals surface area contributed by atoms with E-state index in [2.05, 4.69) is 23.5 Å². The van der Waals surface area contributed by atoms with E-state index in [-0.39, 0.29) is 11.9 Å². The number of hydrogen-bond acceptors (Lipinski definition) is 2. The number of benzene rings is 2. The van der Waals surface area contributed by atoms with Crippen molar-refractivity contribution in [3.8, 4) is 5.69 Å². The maximum absolute atomic E-state index is 12.7. The molecular formula is C20H18N2OS. The standard InChI is InChI=1S/C20H18N2OS/c23-20(15-6-5-7-16(14-15)22-11-3-4-12-22)21-18-10-13-24-19-9-2-1-8-17(18)19/h1-9,11-12,14,18H,10,13H2,(H,21,23)/t18-/m0/s1. The van der Waals surface area contributed by atoms with Crippen LogP contribution in [0.25, 0.3) is 5.69 Å². The summed E-state index contributed by atoms with van der Waals surface area (Å²) in [5.74, 6) is 1.02. The third kappa shape index (κ3) is 2.97. The average Bonchev–Trinajstić information content (AvgIpc) is 3.17. The Labute approximate surface area is 145 Å². The molecule has 0 aliphatic carbocycles. The summed E-state index contributed by atoms with van der Waals surface area (Å²) in [7, 11) is 0. The lowest BCUT2D eigenvalue weighted by molar-refractivity contribution is 0.0935. The molecule has 3 nitrogen and oxygen atoms in total. The van der Waals surface area contributed by atoms with Crippen LogP contribution < -0.4 is 5.32 Å². The maximum atomic E-state index is 12.7. The van der Waals surface area contributed by atoms with Gasteiger partial charge in [0, 0.05) is 34.3 Å². The lowest BCUT2D eigenvalue weighted by atomic mass is 10.0. The Morgan fingerprint density at radius 2 is 1.88 bits per heavy atom. The minimum atomic E-state index is -0.0179. The summed E-state index contributed by atoms with van der Waals surface area (Å²) in [6, 6.07) is 20.1. The van der Waals surface area contributed by atoms with Crippen molar-refractivity contribution >= 4 is 17.7 Å². The van der Waals surface area contributed by atoms with Crippen LogP contribution in [-0.2, 0) is 0 Å². The summed E-state index contributed by atoms with van der Waals surface area (Å²) in [6.07, 6.45) is 4.92. The predicted molar refractivity (Wildman–Crippen MR) is 97.8 cm³/mol. The van der Waals surface area contributed by atoms with Crippen LogP contribution in [0.3, 0.4) is 0 Å². The second kappa shape index (κ2) is 6.57. The highest BCUT2D eigenvalue weighted by molar-refractivity contribution is 7.99. The molecule has 0 radical (unpaired) electrons. The quantitative estimate of drug-likeness (QED) is 0.768. The van der Waals surface area contributed by atoms with E-state index in [1.807, 2.05) is 71.2 Å². The fraction of sp³-hybridized carbons (Fsp3) is 0.150. The van der Waals surface area contributed by atoms with Gasteiger partial charge in [-0.3, -0.25) is 4.79 Å². The Hall–Kier alpha value is -2.46. The first-order chi connectivity index (χ1) is 11.8. The summed E-state index contributed by atoms with van der Waals surface area (Å²) < 4.78 is 2.00. The zero-order valence-electron chi connectivity index (χ0n) is 13.2. The van der Waals surface area contributed by atoms with Gasteiger partial charge in [0.1, 0.15) is 0 Å². The van der Waals surface area contributed by atoms with E-state index in [1.54, 1.807) is 0 Å². The Morgan fingerprint density at radius 3 is 2.75 bits per heavy atom. The van der Waals surface area contributed by atoms with Gasteiger partial charge in [-0.25, -0.2) is 0 Å². The fourth-order valence-corrected chi connectivity index (χ4v) is 4.17. The molecule has 2 aromatic carbocycles. The van der Waals surface area contributed by atoms with E-state index in [0.717, 1.165) is 17.9 Å². The second-order valence-electron chi connectivity index (χ2n) is 5.84. The molecule has 2 heterocycles. The molecule has 4 rings (SSSR count). The molecule has 0 saturated carbocycles. The van der Waals surface area contributed by atoms with Crippen LogP contribution in [0.1, 0.15) is 28.4 Å². The van der Waals surface area contributed by atoms with Gasteiger partial charge >= 0.3 is 0 Å². The van der Waals surface area contributed by atoms with Gasteiger partial charge in [0.15, 0.2) is 0 Å². The number of hydrogen-bond donors (Lipinski definition) is 1. The first-order valence-electron chi connectivity index (χ1n) is 8.07. The van der Waals surface area contributed by atoms with Crippen LogP contribution in [0.5, 0.6) is 0 Å². The maximum Gasteiger partial charge on any atom is 0.251 e. The summed E-state index contributed by atoms with van der Waals surface area (Å²) in [4.78, 5) is 14.0. The van der Waals surface area contributed by atoms with Crippen molar-refractivity contribution in [1.29, 1.82) is 0 Å². The van der Waals surface area contributed by atoms with Crippen LogP contribution in [0, 0.1) is 0 Å². The monoisotopic (exact) mass is 334 g/mol. The van der Waals surface area contributed by atoms with Crippen molar-refractivity contribution in [1.82, 2.24) is 9.88 Å². The number of nitrogens with one attached hydrogen (secondary N) is 1. The minimum Gasteiger partial charge on any atom is -0.345 e. The normalized spacial score (nSPS) is 16.4. The molecule has 1 aliphatic heterocycles. The minimum absolute atomic E-state index is 0.0179. The van der Waals surface area contributed by atoms with Gasteiger partial charge in [-0.1, -0.05) is 24.3 Å². The van der Waals surface area contributed by atoms with Crippen LogP contribution in [0.2, 0.25) is 0 Å². The number of amides is 1. The van der Waals surface area contributed by atoms with Gasteiger partial charge < -0.3 is 9.88 Å². The zero-order valence-corrected chi connectivity index (χ0v) is 14.0. The highest BCUT2D eigenvalue weighted by atomic mass is 32.2. The average molecular weight is 334 g/mol. The van der Waals surface area contributed by atoms with Gasteiger partial charge in [0.05, 0.1) is 6.04 Å². The Morgan fingerprint density at radius 1 is 1.04 bits per heavy atom. The molecule has 1 atom stereocenters. The fourth-order valence-electron chi connectivity index (χ4n) is 3.05. The molecule has 1 aromatic heterocycles. The summed E-state index contributed by atoms with van der Waals surface area (Å²) in [5.41, 5.74) is 2.91. The van der Waals surface area contributed by atoms with Crippen molar-refractivity contribution in [3.63, 3.8) is 0 Å². The number of aromatic nitrogens is 1. The van der Waals surface area contributed by atoms with Crippen molar-refractivity contribution in [2.45, 2.75) is 17.4 Å². The molecule has 24 heavy (non-hydrogen) atoms. The van der Waals surface area contributed by atoms with Crippen molar-refractivity contribution in [2.75, 3.05) is 5.75 Å². The lowest BCUT2D eigenvalue weighted by Crippen LogP contribution is -2.30. The molecule has 0 bridgehead atoms. The van der Waals surface area contributed by atoms with Crippen LogP contribution in [0.15, 0.2) is 78.0 Å². The van der Waals surface area contributed by atoms with Gasteiger partial charge in [-0.15, -0.1) is 11.8 Å².